The molecule has 1 saturated carbocycles. The maximum Gasteiger partial charge on any atom is 0.291 e. The maximum absolute atomic E-state index is 11.9. The molecule has 5 heteroatoms. The Hall–Kier alpha value is -1.39. The molecule has 0 unspecified atom stereocenters. The van der Waals surface area contributed by atoms with Gasteiger partial charge in [0, 0.05) is 13.1 Å². The zero-order valence-corrected chi connectivity index (χ0v) is 10.6. The van der Waals surface area contributed by atoms with Crippen LogP contribution in [-0.4, -0.2) is 26.7 Å². The average molecular weight is 236 g/mol. The maximum atomic E-state index is 11.9. The Morgan fingerprint density at radius 3 is 2.47 bits per heavy atom. The first kappa shape index (κ1) is 12.1. The fourth-order valence-electron chi connectivity index (χ4n) is 2.23. The van der Waals surface area contributed by atoms with Gasteiger partial charge in [-0.1, -0.05) is 25.7 Å². The SMILES string of the molecule is Cc1nc(C(=O)NC2CCCCCC2)nn1C. The van der Waals surface area contributed by atoms with Crippen molar-refractivity contribution in [2.24, 2.45) is 7.05 Å². The van der Waals surface area contributed by atoms with E-state index in [4.69, 9.17) is 0 Å². The van der Waals surface area contributed by atoms with Crippen LogP contribution in [0.1, 0.15) is 55.0 Å². The Labute approximate surface area is 102 Å². The van der Waals surface area contributed by atoms with Gasteiger partial charge >= 0.3 is 0 Å². The van der Waals surface area contributed by atoms with E-state index in [1.807, 2.05) is 6.92 Å². The van der Waals surface area contributed by atoms with Crippen molar-refractivity contribution in [2.45, 2.75) is 51.5 Å². The van der Waals surface area contributed by atoms with E-state index in [0.29, 0.717) is 6.04 Å². The molecule has 1 fully saturated rings. The third kappa shape index (κ3) is 3.05. The summed E-state index contributed by atoms with van der Waals surface area (Å²) in [5.41, 5.74) is 0. The number of carbonyl (C=O) groups is 1. The van der Waals surface area contributed by atoms with Gasteiger partial charge in [-0.15, -0.1) is 5.10 Å². The Bertz CT molecular complexity index is 372. The predicted molar refractivity (Wildman–Crippen MR) is 64.7 cm³/mol. The molecular weight excluding hydrogens is 216 g/mol. The van der Waals surface area contributed by atoms with Crippen molar-refractivity contribution in [1.82, 2.24) is 20.1 Å². The van der Waals surface area contributed by atoms with E-state index in [9.17, 15) is 4.79 Å². The van der Waals surface area contributed by atoms with Crippen molar-refractivity contribution >= 4 is 5.91 Å². The first-order valence-electron chi connectivity index (χ1n) is 6.35. The van der Waals surface area contributed by atoms with Gasteiger partial charge in [-0.2, -0.15) is 0 Å². The zero-order valence-electron chi connectivity index (χ0n) is 10.6. The molecule has 0 aromatic carbocycles. The van der Waals surface area contributed by atoms with Gasteiger partial charge in [-0.05, 0) is 19.8 Å². The van der Waals surface area contributed by atoms with E-state index in [1.54, 1.807) is 11.7 Å². The molecule has 1 aromatic heterocycles. The van der Waals surface area contributed by atoms with Gasteiger partial charge in [0.25, 0.3) is 5.91 Å². The fraction of sp³-hybridized carbons (Fsp3) is 0.750. The van der Waals surface area contributed by atoms with Crippen molar-refractivity contribution < 1.29 is 4.79 Å². The molecule has 1 aliphatic rings. The first-order chi connectivity index (χ1) is 8.16. The second-order valence-corrected chi connectivity index (χ2v) is 4.77. The highest BCUT2D eigenvalue weighted by atomic mass is 16.2. The topological polar surface area (TPSA) is 59.8 Å². The second kappa shape index (κ2) is 5.29. The molecule has 0 radical (unpaired) electrons. The standard InChI is InChI=1S/C12H20N4O/c1-9-13-11(15-16(9)2)12(17)14-10-7-5-3-4-6-8-10/h10H,3-8H2,1-2H3,(H,14,17). The lowest BCUT2D eigenvalue weighted by Gasteiger charge is -2.14. The van der Waals surface area contributed by atoms with E-state index in [-0.39, 0.29) is 11.7 Å². The summed E-state index contributed by atoms with van der Waals surface area (Å²) < 4.78 is 1.63. The van der Waals surface area contributed by atoms with Gasteiger partial charge in [0.05, 0.1) is 0 Å². The molecule has 17 heavy (non-hydrogen) atoms. The normalized spacial score (nSPS) is 17.8. The summed E-state index contributed by atoms with van der Waals surface area (Å²) in [4.78, 5) is 16.1. The van der Waals surface area contributed by atoms with Crippen LogP contribution in [0.5, 0.6) is 0 Å². The molecule has 1 aliphatic carbocycles. The Morgan fingerprint density at radius 2 is 1.94 bits per heavy atom. The van der Waals surface area contributed by atoms with Gasteiger partial charge in [0.1, 0.15) is 5.82 Å². The van der Waals surface area contributed by atoms with Crippen LogP contribution in [0, 0.1) is 6.92 Å². The van der Waals surface area contributed by atoms with Crippen LogP contribution in [0.15, 0.2) is 0 Å². The van der Waals surface area contributed by atoms with E-state index < -0.39 is 0 Å². The minimum Gasteiger partial charge on any atom is -0.347 e. The summed E-state index contributed by atoms with van der Waals surface area (Å²) in [7, 11) is 1.80. The highest BCUT2D eigenvalue weighted by molar-refractivity contribution is 5.90. The molecule has 5 nitrogen and oxygen atoms in total. The van der Waals surface area contributed by atoms with Crippen LogP contribution in [0.3, 0.4) is 0 Å². The Kier molecular flexibility index (Phi) is 3.76. The largest absolute Gasteiger partial charge is 0.347 e. The van der Waals surface area contributed by atoms with Crippen LogP contribution in [0.25, 0.3) is 0 Å². The number of rotatable bonds is 2. The van der Waals surface area contributed by atoms with Crippen molar-refractivity contribution in [3.63, 3.8) is 0 Å². The van der Waals surface area contributed by atoms with E-state index in [2.05, 4.69) is 15.4 Å². The van der Waals surface area contributed by atoms with Gasteiger partial charge in [-0.25, -0.2) is 4.98 Å². The molecule has 94 valence electrons. The number of nitrogens with one attached hydrogen (secondary N) is 1. The monoisotopic (exact) mass is 236 g/mol. The lowest BCUT2D eigenvalue weighted by molar-refractivity contribution is 0.0922. The number of nitrogens with zero attached hydrogens (tertiary/aromatic N) is 3. The first-order valence-corrected chi connectivity index (χ1v) is 6.35. The van der Waals surface area contributed by atoms with Crippen molar-refractivity contribution in [2.75, 3.05) is 0 Å². The molecule has 0 spiro atoms. The summed E-state index contributed by atoms with van der Waals surface area (Å²) in [6.45, 7) is 1.84. The molecule has 2 rings (SSSR count). The molecule has 1 heterocycles. The molecule has 0 atom stereocenters. The van der Waals surface area contributed by atoms with Gasteiger partial charge < -0.3 is 5.32 Å². The number of hydrogen-bond acceptors (Lipinski definition) is 3. The molecule has 1 aromatic rings. The highest BCUT2D eigenvalue weighted by Gasteiger charge is 2.18. The molecule has 0 aliphatic heterocycles. The molecule has 0 bridgehead atoms. The number of aryl methyl sites for hydroxylation is 2. The van der Waals surface area contributed by atoms with E-state index in [1.165, 1.54) is 25.7 Å². The van der Waals surface area contributed by atoms with E-state index in [0.717, 1.165) is 18.7 Å². The van der Waals surface area contributed by atoms with Crippen molar-refractivity contribution in [3.05, 3.63) is 11.6 Å². The van der Waals surface area contributed by atoms with Gasteiger partial charge in [0.15, 0.2) is 0 Å². The van der Waals surface area contributed by atoms with Crippen LogP contribution >= 0.6 is 0 Å². The molecule has 1 amide bonds. The van der Waals surface area contributed by atoms with Crippen LogP contribution in [-0.2, 0) is 7.05 Å². The number of carbonyl (C=O) groups excluding carboxylic acids is 1. The highest BCUT2D eigenvalue weighted by Crippen LogP contribution is 2.17. The average Bonchev–Trinajstić information content (AvgIpc) is 2.54. The number of aromatic nitrogens is 3. The second-order valence-electron chi connectivity index (χ2n) is 4.77. The molecule has 1 N–H and O–H groups in total. The predicted octanol–water partition coefficient (Wildman–Crippen LogP) is 1.58. The van der Waals surface area contributed by atoms with Gasteiger partial charge in [0.2, 0.25) is 5.82 Å². The lowest BCUT2D eigenvalue weighted by atomic mass is 10.1. The number of amides is 1. The smallest absolute Gasteiger partial charge is 0.291 e. The van der Waals surface area contributed by atoms with Crippen LogP contribution in [0.2, 0.25) is 0 Å². The Balaban J connectivity index is 1.95. The summed E-state index contributed by atoms with van der Waals surface area (Å²) in [6, 6.07) is 0.300. The summed E-state index contributed by atoms with van der Waals surface area (Å²) in [6.07, 6.45) is 7.15. The lowest BCUT2D eigenvalue weighted by Crippen LogP contribution is -2.35. The fourth-order valence-corrected chi connectivity index (χ4v) is 2.23. The van der Waals surface area contributed by atoms with Gasteiger partial charge in [-0.3, -0.25) is 9.48 Å². The summed E-state index contributed by atoms with van der Waals surface area (Å²) >= 11 is 0. The number of hydrogen-bond donors (Lipinski definition) is 1. The van der Waals surface area contributed by atoms with Crippen LogP contribution < -0.4 is 5.32 Å². The minimum absolute atomic E-state index is 0.138. The van der Waals surface area contributed by atoms with Crippen molar-refractivity contribution in [1.29, 1.82) is 0 Å². The summed E-state index contributed by atoms with van der Waals surface area (Å²) in [5, 5.41) is 7.13. The molecular formula is C12H20N4O. The minimum atomic E-state index is -0.138. The summed E-state index contributed by atoms with van der Waals surface area (Å²) in [5.74, 6) is 0.908. The third-order valence-corrected chi connectivity index (χ3v) is 3.37. The Morgan fingerprint density at radius 1 is 1.29 bits per heavy atom. The van der Waals surface area contributed by atoms with Crippen LogP contribution in [0.4, 0.5) is 0 Å². The quantitative estimate of drug-likeness (QED) is 0.793. The zero-order chi connectivity index (χ0) is 12.3. The van der Waals surface area contributed by atoms with Crippen molar-refractivity contribution in [3.8, 4) is 0 Å². The third-order valence-electron chi connectivity index (χ3n) is 3.37. The van der Waals surface area contributed by atoms with E-state index >= 15 is 0 Å². The molecule has 0 saturated heterocycles.